The van der Waals surface area contributed by atoms with Crippen LogP contribution in [-0.2, 0) is 0 Å². The Labute approximate surface area is 410 Å². The van der Waals surface area contributed by atoms with Crippen molar-refractivity contribution in [2.24, 2.45) is 0 Å². The highest BCUT2D eigenvalue weighted by molar-refractivity contribution is 8.00. The molecule has 70 heavy (non-hydrogen) atoms. The van der Waals surface area contributed by atoms with E-state index in [9.17, 15) is 0 Å². The first kappa shape index (κ1) is 39.5. The highest BCUT2D eigenvalue weighted by atomic mass is 32.2. The van der Waals surface area contributed by atoms with Crippen molar-refractivity contribution < 1.29 is 13.9 Å². The largest absolute Gasteiger partial charge is 0.459 e. The maximum Gasteiger partial charge on any atom is 0.256 e. The van der Waals surface area contributed by atoms with Crippen molar-refractivity contribution in [1.29, 1.82) is 0 Å². The molecule has 0 unspecified atom stereocenters. The van der Waals surface area contributed by atoms with E-state index in [0.717, 1.165) is 106 Å². The summed E-state index contributed by atoms with van der Waals surface area (Å²) in [5.41, 5.74) is 18.4. The fraction of sp³-hybridized carbons (Fsp3) is 0.0164. The maximum absolute atomic E-state index is 7.26. The molecule has 15 rings (SSSR count). The molecule has 0 aliphatic carbocycles. The lowest BCUT2D eigenvalue weighted by Gasteiger charge is -2.49. The summed E-state index contributed by atoms with van der Waals surface area (Å²) in [5.74, 6) is 2.97. The summed E-state index contributed by atoms with van der Waals surface area (Å²) in [5, 5.41) is 2.25. The van der Waals surface area contributed by atoms with Crippen molar-refractivity contribution in [3.05, 3.63) is 230 Å². The van der Waals surface area contributed by atoms with Crippen molar-refractivity contribution in [1.82, 2.24) is 0 Å². The maximum atomic E-state index is 7.26. The van der Waals surface area contributed by atoms with Crippen LogP contribution in [0.2, 0.25) is 0 Å². The van der Waals surface area contributed by atoms with Gasteiger partial charge in [0.15, 0.2) is 0 Å². The first-order chi connectivity index (χ1) is 34.6. The van der Waals surface area contributed by atoms with Crippen molar-refractivity contribution in [2.75, 3.05) is 14.7 Å². The molecule has 0 bridgehead atoms. The quantitative estimate of drug-likeness (QED) is 0.148. The summed E-state index contributed by atoms with van der Waals surface area (Å²) in [6.07, 6.45) is 4.45. The molecular formula is C61H39B2N3O3S. The molecule has 5 aliphatic heterocycles. The van der Waals surface area contributed by atoms with Gasteiger partial charge in [0.25, 0.3) is 13.4 Å². The van der Waals surface area contributed by atoms with Gasteiger partial charge < -0.3 is 28.6 Å². The van der Waals surface area contributed by atoms with Crippen LogP contribution in [0.4, 0.5) is 45.5 Å². The molecule has 0 saturated carbocycles. The van der Waals surface area contributed by atoms with Crippen molar-refractivity contribution in [3.63, 3.8) is 0 Å². The lowest BCUT2D eigenvalue weighted by molar-refractivity contribution is 0.435. The molecule has 0 spiro atoms. The molecule has 6 nitrogen and oxygen atoms in total. The molecule has 328 valence electrons. The molecule has 6 heterocycles. The summed E-state index contributed by atoms with van der Waals surface area (Å²) in [6, 6.07) is 68.6. The average Bonchev–Trinajstić information content (AvgIpc) is 3.78. The van der Waals surface area contributed by atoms with Crippen LogP contribution < -0.4 is 51.5 Å². The standard InChI is InChI=1S/C61H39B2N3O3S/c1-37(64(39-18-7-3-8-19-39)40-20-9-4-10-21-40)30-32-45-38(2)67-52-36-53-57-60-56(52)62(45)48-35-51-55(44-26-15-16-28-49(44)68-51)61-59(48)66(60)58-47(27-17-29-54(58)70-61)63(57)46-33-31-43(34-50(46)69-53)65(41-22-11-5-12-23-41)42-24-13-6-14-25-42/h3-36H,2H2,1H3/b37-30+,45-32+. The Hall–Kier alpha value is -8.52. The van der Waals surface area contributed by atoms with E-state index < -0.39 is 0 Å². The van der Waals surface area contributed by atoms with Crippen molar-refractivity contribution >= 4 is 120 Å². The summed E-state index contributed by atoms with van der Waals surface area (Å²) in [7, 11) is 0. The van der Waals surface area contributed by atoms with Crippen molar-refractivity contribution in [2.45, 2.75) is 16.7 Å². The highest BCUT2D eigenvalue weighted by Crippen LogP contribution is 2.58. The second kappa shape index (κ2) is 15.0. The van der Waals surface area contributed by atoms with E-state index in [1.165, 1.54) is 26.6 Å². The molecular weight excluding hydrogens is 876 g/mol. The Balaban J connectivity index is 0.971. The molecule has 0 radical (unpaired) electrons. The summed E-state index contributed by atoms with van der Waals surface area (Å²) < 4.78 is 21.1. The predicted molar refractivity (Wildman–Crippen MR) is 290 cm³/mol. The Kier molecular flexibility index (Phi) is 8.45. The average molecular weight is 916 g/mol. The van der Waals surface area contributed by atoms with Crippen LogP contribution >= 0.6 is 11.8 Å². The fourth-order valence-electron chi connectivity index (χ4n) is 11.8. The number of benzene rings is 9. The van der Waals surface area contributed by atoms with Gasteiger partial charge in [-0.3, -0.25) is 0 Å². The third kappa shape index (κ3) is 5.61. The van der Waals surface area contributed by atoms with E-state index in [1.54, 1.807) is 0 Å². The number of rotatable bonds is 7. The van der Waals surface area contributed by atoms with E-state index in [1.807, 2.05) is 11.8 Å². The lowest BCUT2D eigenvalue weighted by atomic mass is 9.29. The summed E-state index contributed by atoms with van der Waals surface area (Å²) >= 11 is 1.86. The van der Waals surface area contributed by atoms with Gasteiger partial charge in [-0.1, -0.05) is 134 Å². The lowest BCUT2D eigenvalue weighted by Crippen LogP contribution is -2.65. The summed E-state index contributed by atoms with van der Waals surface area (Å²) in [4.78, 5) is 9.53. The number of nitrogens with zero attached hydrogens (tertiary/aromatic N) is 3. The number of fused-ring (bicyclic) bond motifs is 8. The SMILES string of the molecule is C=C1Oc2cc3c4c5c2B(/C1=C/C=C(\C)N(c1ccccc1)c1ccccc1)c1cc2oc6ccccc6c2c2c1N5c1c(cccc1B4c1ccc(N(c4ccccc4)c4ccccc4)cc1O3)S2. The molecule has 10 aromatic rings. The molecule has 0 fully saturated rings. The minimum Gasteiger partial charge on any atom is -0.459 e. The Morgan fingerprint density at radius 3 is 1.90 bits per heavy atom. The number of para-hydroxylation sites is 6. The first-order valence-corrected chi connectivity index (χ1v) is 24.6. The third-order valence-electron chi connectivity index (χ3n) is 14.6. The smallest absolute Gasteiger partial charge is 0.256 e. The van der Waals surface area contributed by atoms with E-state index >= 15 is 0 Å². The second-order valence-corrected chi connectivity index (χ2v) is 19.5. The van der Waals surface area contributed by atoms with Gasteiger partial charge in [-0.2, -0.15) is 0 Å². The zero-order valence-electron chi connectivity index (χ0n) is 38.0. The van der Waals surface area contributed by atoms with Crippen LogP contribution in [0.3, 0.4) is 0 Å². The van der Waals surface area contributed by atoms with Gasteiger partial charge in [0.2, 0.25) is 0 Å². The van der Waals surface area contributed by atoms with Crippen LogP contribution in [0.5, 0.6) is 17.2 Å². The third-order valence-corrected chi connectivity index (χ3v) is 15.8. The number of hydrogen-bond donors (Lipinski definition) is 0. The minimum absolute atomic E-state index is 0.103. The van der Waals surface area contributed by atoms with Crippen LogP contribution in [0, 0.1) is 0 Å². The molecule has 9 aromatic carbocycles. The van der Waals surface area contributed by atoms with Crippen molar-refractivity contribution in [3.8, 4) is 17.2 Å². The number of ether oxygens (including phenoxy) is 2. The van der Waals surface area contributed by atoms with E-state index in [4.69, 9.17) is 13.9 Å². The zero-order valence-corrected chi connectivity index (χ0v) is 38.8. The highest BCUT2D eigenvalue weighted by Gasteiger charge is 2.53. The monoisotopic (exact) mass is 915 g/mol. The molecule has 0 amide bonds. The number of anilines is 8. The second-order valence-electron chi connectivity index (χ2n) is 18.5. The number of allylic oxidation sites excluding steroid dienone is 4. The van der Waals surface area contributed by atoms with Gasteiger partial charge >= 0.3 is 0 Å². The van der Waals surface area contributed by atoms with Crippen LogP contribution in [0.15, 0.2) is 244 Å². The fourth-order valence-corrected chi connectivity index (χ4v) is 13.1. The van der Waals surface area contributed by atoms with Gasteiger partial charge in [0.05, 0.1) is 11.4 Å². The molecule has 9 heteroatoms. The van der Waals surface area contributed by atoms with Gasteiger partial charge in [0.1, 0.15) is 34.2 Å². The number of hydrogen-bond acceptors (Lipinski definition) is 7. The Bertz CT molecular complexity index is 3850. The van der Waals surface area contributed by atoms with Gasteiger partial charge in [-0.25, -0.2) is 0 Å². The molecule has 1 aromatic heterocycles. The van der Waals surface area contributed by atoms with Crippen LogP contribution in [-0.4, -0.2) is 13.4 Å². The van der Waals surface area contributed by atoms with E-state index in [2.05, 4.69) is 234 Å². The van der Waals surface area contributed by atoms with Gasteiger partial charge in [-0.05, 0) is 119 Å². The Morgan fingerprint density at radius 1 is 0.543 bits per heavy atom. The predicted octanol–water partition coefficient (Wildman–Crippen LogP) is 13.0. The van der Waals surface area contributed by atoms with Gasteiger partial charge in [-0.15, -0.1) is 0 Å². The molecule has 0 atom stereocenters. The molecule has 0 saturated heterocycles. The summed E-state index contributed by atoms with van der Waals surface area (Å²) in [6.45, 7) is 6.52. The normalized spacial score (nSPS) is 14.9. The first-order valence-electron chi connectivity index (χ1n) is 23.7. The topological polar surface area (TPSA) is 41.3 Å². The van der Waals surface area contributed by atoms with Crippen LogP contribution in [0.25, 0.3) is 21.9 Å². The van der Waals surface area contributed by atoms with E-state index in [-0.39, 0.29) is 13.4 Å². The van der Waals surface area contributed by atoms with Crippen LogP contribution in [0.1, 0.15) is 6.92 Å². The minimum atomic E-state index is -0.229. The molecule has 0 N–H and O–H groups in total. The molecule has 5 aliphatic rings. The Morgan fingerprint density at radius 2 is 1.19 bits per heavy atom. The van der Waals surface area contributed by atoms with Gasteiger partial charge in [0, 0.05) is 72.5 Å². The number of furan rings is 1. The zero-order chi connectivity index (χ0) is 46.2. The van der Waals surface area contributed by atoms with E-state index in [0.29, 0.717) is 5.76 Å².